The van der Waals surface area contributed by atoms with E-state index in [1.807, 2.05) is 12.1 Å². The molecule has 0 amide bonds. The first-order chi connectivity index (χ1) is 56.5. The van der Waals surface area contributed by atoms with E-state index in [9.17, 15) is 0 Å². The molecular formula is C117H142O3. The van der Waals surface area contributed by atoms with Crippen LogP contribution in [-0.4, -0.2) is 0 Å². The van der Waals surface area contributed by atoms with Crippen LogP contribution in [0.1, 0.15) is 269 Å². The average molecular weight is 1600 g/mol. The van der Waals surface area contributed by atoms with Crippen LogP contribution in [0.15, 0.2) is 224 Å². The standard InChI is InChI=1S/2C33H36O.C18H22O.C12H18.C11H16.C10H14/c2*1-20(2)27-18-31(29-11-9-21(3)14-25(29)7)33(34-28-16-23(5)13-24(6)17-28)32(19-27)30-12-10-22(4)15-26(30)8;1-12(2)16-6-8-17(9-7-16)19-18-14(4)10-13(3)11-15(18)5;1-8(2)12-6-9(3)11(5)10(4)7-12;1-8(2)11-6-5-9(3)7-10(11)4;1-8(2)10-6-4-9(3)5-7-10/h2*9-20H,1-8H3;6-12H,1-5H3;6-8H,1-5H3;5-8H,1-4H3;4-8H,1-3H3. The van der Waals surface area contributed by atoms with Crippen molar-refractivity contribution in [3.05, 3.63) is 375 Å². The van der Waals surface area contributed by atoms with Crippen molar-refractivity contribution in [2.24, 2.45) is 0 Å². The zero-order valence-electron chi connectivity index (χ0n) is 79.6. The van der Waals surface area contributed by atoms with E-state index in [0.29, 0.717) is 35.5 Å². The molecule has 13 rings (SSSR count). The molecule has 0 saturated heterocycles. The fourth-order valence-electron chi connectivity index (χ4n) is 15.9. The summed E-state index contributed by atoms with van der Waals surface area (Å²) < 4.78 is 19.7. The van der Waals surface area contributed by atoms with Crippen LogP contribution in [-0.2, 0) is 0 Å². The van der Waals surface area contributed by atoms with Gasteiger partial charge in [-0.25, -0.2) is 0 Å². The lowest BCUT2D eigenvalue weighted by atomic mass is 9.87. The summed E-state index contributed by atoms with van der Waals surface area (Å²) in [4.78, 5) is 0. The summed E-state index contributed by atoms with van der Waals surface area (Å²) in [7, 11) is 0. The summed E-state index contributed by atoms with van der Waals surface area (Å²) in [6.45, 7) is 72.0. The summed E-state index contributed by atoms with van der Waals surface area (Å²) in [5, 5.41) is 0. The molecule has 0 unspecified atom stereocenters. The van der Waals surface area contributed by atoms with Gasteiger partial charge in [0.15, 0.2) is 0 Å². The molecule has 0 bridgehead atoms. The van der Waals surface area contributed by atoms with Crippen LogP contribution < -0.4 is 14.2 Å². The molecule has 0 radical (unpaired) electrons. The molecule has 13 aromatic carbocycles. The molecule has 0 saturated carbocycles. The Labute approximate surface area is 727 Å². The van der Waals surface area contributed by atoms with Crippen LogP contribution in [0.25, 0.3) is 44.5 Å². The van der Waals surface area contributed by atoms with E-state index in [1.54, 1.807) is 0 Å². The van der Waals surface area contributed by atoms with E-state index >= 15 is 0 Å². The SMILES string of the molecule is Cc1cc(C(C)C)cc(C)c1C.Cc1cc(C)c(Oc2ccc(C(C)C)cc2)c(C)c1.Cc1cc(C)cc(Oc2c(-c3ccc(C)cc3C)cc(C(C)C)cc2-c2ccc(C)cc2C)c1.Cc1cc(C)cc(Oc2c(-c3ccc(C)cc3C)cc(C(C)C)cc2-c2ccc(C)cc2C)c1.Cc1ccc(C(C)C)c(C)c1.Cc1ccc(C(C)C)cc1. The first kappa shape index (κ1) is 94.7. The van der Waals surface area contributed by atoms with Crippen molar-refractivity contribution < 1.29 is 14.2 Å². The summed E-state index contributed by atoms with van der Waals surface area (Å²) in [5.74, 6) is 8.80. The highest BCUT2D eigenvalue weighted by atomic mass is 16.5. The normalized spacial score (nSPS) is 11.0. The fraction of sp³-hybridized carbons (Fsp3) is 0.333. The summed E-state index contributed by atoms with van der Waals surface area (Å²) in [6.07, 6.45) is 0. The third-order valence-electron chi connectivity index (χ3n) is 22.9. The van der Waals surface area contributed by atoms with Crippen molar-refractivity contribution in [2.75, 3.05) is 0 Å². The second-order valence-corrected chi connectivity index (χ2v) is 36.4. The fourth-order valence-corrected chi connectivity index (χ4v) is 15.9. The van der Waals surface area contributed by atoms with Gasteiger partial charge in [-0.05, 0) is 375 Å². The highest BCUT2D eigenvalue weighted by molar-refractivity contribution is 5.88. The van der Waals surface area contributed by atoms with Crippen LogP contribution in [0.3, 0.4) is 0 Å². The summed E-state index contributed by atoms with van der Waals surface area (Å²) in [5.41, 5.74) is 44.8. The molecule has 628 valence electrons. The van der Waals surface area contributed by atoms with Crippen molar-refractivity contribution in [3.63, 3.8) is 0 Å². The second kappa shape index (κ2) is 43.0. The zero-order chi connectivity index (χ0) is 88.4. The van der Waals surface area contributed by atoms with E-state index in [-0.39, 0.29) is 0 Å². The molecule has 0 fully saturated rings. The highest BCUT2D eigenvalue weighted by Gasteiger charge is 2.24. The second-order valence-electron chi connectivity index (χ2n) is 36.4. The molecular weight excluding hydrogens is 1450 g/mol. The minimum absolute atomic E-state index is 0.407. The van der Waals surface area contributed by atoms with E-state index in [1.165, 1.54) is 172 Å². The largest absolute Gasteiger partial charge is 0.457 e. The number of hydrogen-bond donors (Lipinski definition) is 0. The molecule has 0 aliphatic carbocycles. The number of rotatable bonds is 16. The quantitative estimate of drug-likeness (QED) is 0.0965. The molecule has 0 N–H and O–H groups in total. The molecule has 13 aromatic rings. The Kier molecular flexibility index (Phi) is 33.9. The maximum Gasteiger partial charge on any atom is 0.143 e. The lowest BCUT2D eigenvalue weighted by Gasteiger charge is -2.22. The Morgan fingerprint density at radius 1 is 0.158 bits per heavy atom. The lowest BCUT2D eigenvalue weighted by molar-refractivity contribution is 0.474. The van der Waals surface area contributed by atoms with Crippen LogP contribution in [0, 0.1) is 145 Å². The van der Waals surface area contributed by atoms with Gasteiger partial charge in [-0.2, -0.15) is 0 Å². The van der Waals surface area contributed by atoms with Crippen molar-refractivity contribution in [1.29, 1.82) is 0 Å². The highest BCUT2D eigenvalue weighted by Crippen LogP contribution is 2.49. The third-order valence-corrected chi connectivity index (χ3v) is 22.9. The maximum absolute atomic E-state index is 6.82. The van der Waals surface area contributed by atoms with Crippen molar-refractivity contribution in [2.45, 2.75) is 264 Å². The van der Waals surface area contributed by atoms with Gasteiger partial charge >= 0.3 is 0 Å². The lowest BCUT2D eigenvalue weighted by Crippen LogP contribution is -1.99. The van der Waals surface area contributed by atoms with E-state index in [2.05, 4.69) is 441 Å². The van der Waals surface area contributed by atoms with Crippen LogP contribution >= 0.6 is 0 Å². The Hall–Kier alpha value is -10.7. The first-order valence-electron chi connectivity index (χ1n) is 43.8. The molecule has 0 heterocycles. The molecule has 0 aliphatic heterocycles. The number of ether oxygens (including phenoxy) is 3. The van der Waals surface area contributed by atoms with Gasteiger partial charge in [0.05, 0.1) is 0 Å². The Morgan fingerprint density at radius 2 is 0.408 bits per heavy atom. The number of aryl methyl sites for hydroxylation is 20. The van der Waals surface area contributed by atoms with E-state index < -0.39 is 0 Å². The van der Waals surface area contributed by atoms with Crippen molar-refractivity contribution in [1.82, 2.24) is 0 Å². The molecule has 3 heteroatoms. The zero-order valence-corrected chi connectivity index (χ0v) is 79.6. The smallest absolute Gasteiger partial charge is 0.143 e. The van der Waals surface area contributed by atoms with Gasteiger partial charge in [0, 0.05) is 22.3 Å². The van der Waals surface area contributed by atoms with Gasteiger partial charge in [-0.3, -0.25) is 0 Å². The van der Waals surface area contributed by atoms with Gasteiger partial charge < -0.3 is 14.2 Å². The molecule has 0 atom stereocenters. The average Bonchev–Trinajstić information content (AvgIpc) is 0.768. The van der Waals surface area contributed by atoms with Gasteiger partial charge in [-0.1, -0.05) is 286 Å². The Morgan fingerprint density at radius 3 is 0.692 bits per heavy atom. The predicted molar refractivity (Wildman–Crippen MR) is 524 cm³/mol. The Bertz CT molecular complexity index is 5180. The molecule has 120 heavy (non-hydrogen) atoms. The van der Waals surface area contributed by atoms with Gasteiger partial charge in [0.25, 0.3) is 0 Å². The third kappa shape index (κ3) is 26.4. The predicted octanol–water partition coefficient (Wildman–Crippen LogP) is 35.4. The van der Waals surface area contributed by atoms with E-state index in [0.717, 1.165) is 56.8 Å². The molecule has 0 aromatic heterocycles. The molecule has 0 aliphatic rings. The monoisotopic (exact) mass is 1600 g/mol. The van der Waals surface area contributed by atoms with Crippen LogP contribution in [0.2, 0.25) is 0 Å². The molecule has 0 spiro atoms. The minimum atomic E-state index is 0.407. The summed E-state index contributed by atoms with van der Waals surface area (Å²) >= 11 is 0. The Balaban J connectivity index is 0.000000192. The van der Waals surface area contributed by atoms with Gasteiger partial charge in [-0.15, -0.1) is 0 Å². The first-order valence-corrected chi connectivity index (χ1v) is 43.8. The molecule has 3 nitrogen and oxygen atoms in total. The van der Waals surface area contributed by atoms with Crippen molar-refractivity contribution >= 4 is 0 Å². The van der Waals surface area contributed by atoms with Gasteiger partial charge in [0.1, 0.15) is 34.5 Å². The topological polar surface area (TPSA) is 27.7 Å². The van der Waals surface area contributed by atoms with Crippen LogP contribution in [0.5, 0.6) is 34.5 Å². The van der Waals surface area contributed by atoms with Crippen LogP contribution in [0.4, 0.5) is 0 Å². The van der Waals surface area contributed by atoms with Gasteiger partial charge in [0.2, 0.25) is 0 Å². The van der Waals surface area contributed by atoms with Crippen molar-refractivity contribution in [3.8, 4) is 79.0 Å². The number of hydrogen-bond acceptors (Lipinski definition) is 3. The van der Waals surface area contributed by atoms with E-state index in [4.69, 9.17) is 14.2 Å². The maximum atomic E-state index is 6.82. The summed E-state index contributed by atoms with van der Waals surface area (Å²) in [6, 6.07) is 81.6. The minimum Gasteiger partial charge on any atom is -0.457 e. The number of benzene rings is 13.